The van der Waals surface area contributed by atoms with Crippen LogP contribution in [0.1, 0.15) is 30.8 Å². The summed E-state index contributed by atoms with van der Waals surface area (Å²) in [7, 11) is 1.68. The molecule has 0 saturated heterocycles. The largest absolute Gasteiger partial charge is 0.341 e. The van der Waals surface area contributed by atoms with Crippen molar-refractivity contribution in [2.75, 3.05) is 0 Å². The summed E-state index contributed by atoms with van der Waals surface area (Å²) in [4.78, 5) is 22.9. The summed E-state index contributed by atoms with van der Waals surface area (Å²) in [6.07, 6.45) is 1.97. The molecular formula is C10H15N3O2. The fourth-order valence-electron chi connectivity index (χ4n) is 1.25. The quantitative estimate of drug-likeness (QED) is 0.786. The lowest BCUT2D eigenvalue weighted by Gasteiger charge is -2.11. The molecule has 1 aromatic rings. The van der Waals surface area contributed by atoms with Crippen molar-refractivity contribution in [1.82, 2.24) is 15.1 Å². The van der Waals surface area contributed by atoms with Crippen LogP contribution in [0.3, 0.4) is 0 Å². The predicted molar refractivity (Wildman–Crippen MR) is 55.4 cm³/mol. The van der Waals surface area contributed by atoms with Crippen LogP contribution in [0.2, 0.25) is 0 Å². The molecule has 0 bridgehead atoms. The van der Waals surface area contributed by atoms with E-state index in [2.05, 4.69) is 10.4 Å². The van der Waals surface area contributed by atoms with Crippen molar-refractivity contribution in [3.8, 4) is 0 Å². The second-order valence-corrected chi connectivity index (χ2v) is 3.36. The molecule has 0 aliphatic rings. The third-order valence-electron chi connectivity index (χ3n) is 2.23. The molecule has 82 valence electrons. The second-order valence-electron chi connectivity index (χ2n) is 3.36. The lowest BCUT2D eigenvalue weighted by Crippen LogP contribution is -2.38. The topological polar surface area (TPSA) is 64.0 Å². The van der Waals surface area contributed by atoms with Crippen molar-refractivity contribution >= 4 is 11.7 Å². The highest BCUT2D eigenvalue weighted by Gasteiger charge is 2.16. The molecule has 1 rings (SSSR count). The number of hydrogen-bond acceptors (Lipinski definition) is 3. The van der Waals surface area contributed by atoms with Crippen LogP contribution in [0.25, 0.3) is 0 Å². The number of Topliss-reactive ketones (excluding diaryl/α,β-unsaturated/α-hetero) is 1. The van der Waals surface area contributed by atoms with E-state index in [1.54, 1.807) is 33.2 Å². The summed E-state index contributed by atoms with van der Waals surface area (Å²) in [6.45, 7) is 3.45. The average Bonchev–Trinajstić information content (AvgIpc) is 2.63. The van der Waals surface area contributed by atoms with Gasteiger partial charge in [-0.3, -0.25) is 14.3 Å². The fourth-order valence-corrected chi connectivity index (χ4v) is 1.25. The molecule has 1 atom stereocenters. The predicted octanol–water partition coefficient (Wildman–Crippen LogP) is 0.517. The number of amides is 1. The first-order valence-electron chi connectivity index (χ1n) is 4.87. The lowest BCUT2D eigenvalue weighted by molar-refractivity contribution is -0.120. The van der Waals surface area contributed by atoms with Crippen molar-refractivity contribution in [3.63, 3.8) is 0 Å². The Labute approximate surface area is 88.5 Å². The number of nitrogens with zero attached hydrogens (tertiary/aromatic N) is 2. The van der Waals surface area contributed by atoms with Crippen LogP contribution in [0.4, 0.5) is 0 Å². The van der Waals surface area contributed by atoms with Crippen LogP contribution < -0.4 is 5.32 Å². The van der Waals surface area contributed by atoms with Gasteiger partial charge in [-0.1, -0.05) is 6.92 Å². The Balaban J connectivity index is 2.64. The van der Waals surface area contributed by atoms with Gasteiger partial charge in [0.2, 0.25) is 0 Å². The molecule has 0 fully saturated rings. The molecule has 0 radical (unpaired) electrons. The first-order valence-corrected chi connectivity index (χ1v) is 4.87. The van der Waals surface area contributed by atoms with Crippen molar-refractivity contribution in [2.45, 2.75) is 26.3 Å². The zero-order chi connectivity index (χ0) is 11.4. The first-order chi connectivity index (χ1) is 7.06. The maximum Gasteiger partial charge on any atom is 0.270 e. The summed E-state index contributed by atoms with van der Waals surface area (Å²) >= 11 is 0. The van der Waals surface area contributed by atoms with Crippen molar-refractivity contribution in [3.05, 3.63) is 18.0 Å². The number of rotatable bonds is 4. The van der Waals surface area contributed by atoms with E-state index in [0.29, 0.717) is 12.1 Å². The molecule has 15 heavy (non-hydrogen) atoms. The maximum atomic E-state index is 11.6. The van der Waals surface area contributed by atoms with Crippen LogP contribution >= 0.6 is 0 Å². The zero-order valence-corrected chi connectivity index (χ0v) is 9.15. The molecule has 0 aliphatic carbocycles. The first kappa shape index (κ1) is 11.4. The number of carbonyl (C=O) groups is 2. The molecule has 1 heterocycles. The minimum atomic E-state index is -0.447. The van der Waals surface area contributed by atoms with Crippen molar-refractivity contribution in [2.24, 2.45) is 7.05 Å². The van der Waals surface area contributed by atoms with Gasteiger partial charge in [-0.15, -0.1) is 0 Å². The van der Waals surface area contributed by atoms with Crippen LogP contribution in [0, 0.1) is 0 Å². The Morgan fingerprint density at radius 1 is 1.60 bits per heavy atom. The van der Waals surface area contributed by atoms with Gasteiger partial charge in [0, 0.05) is 19.7 Å². The summed E-state index contributed by atoms with van der Waals surface area (Å²) < 4.78 is 1.47. The number of nitrogens with one attached hydrogen (secondary N) is 1. The molecule has 0 spiro atoms. The molecule has 0 aromatic carbocycles. The van der Waals surface area contributed by atoms with Gasteiger partial charge in [0.15, 0.2) is 5.78 Å². The number of carbonyl (C=O) groups excluding carboxylic acids is 2. The van der Waals surface area contributed by atoms with E-state index in [9.17, 15) is 9.59 Å². The SMILES string of the molecule is CCC(=O)C(C)NC(=O)c1ccnn1C. The summed E-state index contributed by atoms with van der Waals surface area (Å²) in [5.41, 5.74) is 0.450. The molecular weight excluding hydrogens is 194 g/mol. The summed E-state index contributed by atoms with van der Waals surface area (Å²) in [5.74, 6) is -0.255. The van der Waals surface area contributed by atoms with E-state index < -0.39 is 6.04 Å². The number of ketones is 1. The third-order valence-corrected chi connectivity index (χ3v) is 2.23. The normalized spacial score (nSPS) is 12.2. The minimum Gasteiger partial charge on any atom is -0.341 e. The van der Waals surface area contributed by atoms with Gasteiger partial charge in [-0.2, -0.15) is 5.10 Å². The minimum absolute atomic E-state index is 0.0190. The van der Waals surface area contributed by atoms with Crippen LogP contribution in [0.5, 0.6) is 0 Å². The lowest BCUT2D eigenvalue weighted by atomic mass is 10.1. The highest BCUT2D eigenvalue weighted by atomic mass is 16.2. The van der Waals surface area contributed by atoms with E-state index in [-0.39, 0.29) is 11.7 Å². The van der Waals surface area contributed by atoms with Gasteiger partial charge >= 0.3 is 0 Å². The Morgan fingerprint density at radius 3 is 2.73 bits per heavy atom. The Hall–Kier alpha value is -1.65. The highest BCUT2D eigenvalue weighted by molar-refractivity contribution is 5.96. The van der Waals surface area contributed by atoms with Crippen LogP contribution in [-0.4, -0.2) is 27.5 Å². The molecule has 1 N–H and O–H groups in total. The fraction of sp³-hybridized carbons (Fsp3) is 0.500. The molecule has 1 aromatic heterocycles. The van der Waals surface area contributed by atoms with E-state index in [4.69, 9.17) is 0 Å². The third kappa shape index (κ3) is 2.65. The van der Waals surface area contributed by atoms with Crippen LogP contribution in [-0.2, 0) is 11.8 Å². The summed E-state index contributed by atoms with van der Waals surface area (Å²) in [5, 5.41) is 6.51. The smallest absolute Gasteiger partial charge is 0.270 e. The van der Waals surface area contributed by atoms with E-state index in [1.807, 2.05) is 0 Å². The van der Waals surface area contributed by atoms with Gasteiger partial charge in [0.05, 0.1) is 6.04 Å². The van der Waals surface area contributed by atoms with Gasteiger partial charge in [0.25, 0.3) is 5.91 Å². The van der Waals surface area contributed by atoms with Gasteiger partial charge in [-0.05, 0) is 13.0 Å². The van der Waals surface area contributed by atoms with Gasteiger partial charge < -0.3 is 5.32 Å². The average molecular weight is 209 g/mol. The highest BCUT2D eigenvalue weighted by Crippen LogP contribution is 1.98. The molecule has 0 aliphatic heterocycles. The second kappa shape index (κ2) is 4.72. The van der Waals surface area contributed by atoms with E-state index in [1.165, 1.54) is 4.68 Å². The monoisotopic (exact) mass is 209 g/mol. The van der Waals surface area contributed by atoms with Crippen molar-refractivity contribution in [1.29, 1.82) is 0 Å². The van der Waals surface area contributed by atoms with Crippen molar-refractivity contribution < 1.29 is 9.59 Å². The molecule has 1 amide bonds. The Morgan fingerprint density at radius 2 is 2.27 bits per heavy atom. The summed E-state index contributed by atoms with van der Waals surface area (Å²) in [6, 6.07) is 1.16. The van der Waals surface area contributed by atoms with Gasteiger partial charge in [-0.25, -0.2) is 0 Å². The van der Waals surface area contributed by atoms with Gasteiger partial charge in [0.1, 0.15) is 5.69 Å². The number of aryl methyl sites for hydroxylation is 1. The Kier molecular flexibility index (Phi) is 3.60. The molecule has 5 nitrogen and oxygen atoms in total. The molecule has 0 saturated carbocycles. The number of aromatic nitrogens is 2. The molecule has 5 heteroatoms. The zero-order valence-electron chi connectivity index (χ0n) is 9.15. The standard InChI is InChI=1S/C10H15N3O2/c1-4-9(14)7(2)12-10(15)8-5-6-11-13(8)3/h5-7H,4H2,1-3H3,(H,12,15). The van der Waals surface area contributed by atoms with E-state index >= 15 is 0 Å². The number of hydrogen-bond donors (Lipinski definition) is 1. The Bertz CT molecular complexity index is 370. The maximum absolute atomic E-state index is 11.6. The van der Waals surface area contributed by atoms with Crippen LogP contribution in [0.15, 0.2) is 12.3 Å². The van der Waals surface area contributed by atoms with E-state index in [0.717, 1.165) is 0 Å². The molecule has 1 unspecified atom stereocenters.